The first-order valence-electron chi connectivity index (χ1n) is 9.76. The summed E-state index contributed by atoms with van der Waals surface area (Å²) in [4.78, 5) is 29.9. The zero-order valence-corrected chi connectivity index (χ0v) is 16.1. The molecule has 0 aliphatic carbocycles. The van der Waals surface area contributed by atoms with Crippen LogP contribution in [-0.4, -0.2) is 65.7 Å². The lowest BCUT2D eigenvalue weighted by molar-refractivity contribution is -0.138. The van der Waals surface area contributed by atoms with Gasteiger partial charge in [0, 0.05) is 51.5 Å². The zero-order chi connectivity index (χ0) is 18.9. The van der Waals surface area contributed by atoms with Gasteiger partial charge in [0.25, 0.3) is 5.71 Å². The first-order chi connectivity index (χ1) is 13.1. The van der Waals surface area contributed by atoms with Crippen LogP contribution >= 0.6 is 0 Å². The third kappa shape index (κ3) is 3.50. The molecular formula is C19H27N5O3. The number of aryl methyl sites for hydroxylation is 1. The van der Waals surface area contributed by atoms with E-state index in [2.05, 4.69) is 19.9 Å². The number of carbonyl (C=O) groups is 1. The van der Waals surface area contributed by atoms with E-state index in [0.29, 0.717) is 31.2 Å². The SMILES string of the molecule is CCc1nc2c(N3CCCC4(CCC(=O)N(CCOC)C4)C3)ncnc2o1. The summed E-state index contributed by atoms with van der Waals surface area (Å²) in [6.07, 6.45) is 6.04. The molecule has 2 aliphatic rings. The third-order valence-electron chi connectivity index (χ3n) is 5.80. The lowest BCUT2D eigenvalue weighted by Gasteiger charge is -2.48. The molecule has 8 nitrogen and oxygen atoms in total. The first-order valence-corrected chi connectivity index (χ1v) is 9.76. The Kier molecular flexibility index (Phi) is 4.99. The van der Waals surface area contributed by atoms with Crippen molar-refractivity contribution < 1.29 is 13.9 Å². The van der Waals surface area contributed by atoms with E-state index < -0.39 is 0 Å². The second-order valence-electron chi connectivity index (χ2n) is 7.65. The minimum absolute atomic E-state index is 0.106. The molecule has 4 rings (SSSR count). The fraction of sp³-hybridized carbons (Fsp3) is 0.684. The number of hydrogen-bond donors (Lipinski definition) is 0. The monoisotopic (exact) mass is 373 g/mol. The highest BCUT2D eigenvalue weighted by molar-refractivity contribution is 5.82. The van der Waals surface area contributed by atoms with E-state index in [0.717, 1.165) is 56.7 Å². The second kappa shape index (κ2) is 7.42. The molecular weight excluding hydrogens is 346 g/mol. The van der Waals surface area contributed by atoms with Crippen LogP contribution in [0.3, 0.4) is 0 Å². The molecule has 2 aliphatic heterocycles. The number of amides is 1. The molecule has 1 atom stereocenters. The molecule has 2 saturated heterocycles. The van der Waals surface area contributed by atoms with Crippen molar-refractivity contribution in [3.8, 4) is 0 Å². The number of likely N-dealkylation sites (tertiary alicyclic amines) is 1. The molecule has 0 aromatic carbocycles. The second-order valence-corrected chi connectivity index (χ2v) is 7.65. The average Bonchev–Trinajstić information content (AvgIpc) is 3.12. The molecule has 146 valence electrons. The predicted octanol–water partition coefficient (Wildman–Crippen LogP) is 2.04. The van der Waals surface area contributed by atoms with Gasteiger partial charge < -0.3 is 19.0 Å². The number of fused-ring (bicyclic) bond motifs is 1. The van der Waals surface area contributed by atoms with E-state index in [1.165, 1.54) is 0 Å². The minimum atomic E-state index is 0.106. The van der Waals surface area contributed by atoms with Crippen molar-refractivity contribution in [3.05, 3.63) is 12.2 Å². The van der Waals surface area contributed by atoms with Gasteiger partial charge in [-0.3, -0.25) is 4.79 Å². The molecule has 0 saturated carbocycles. The summed E-state index contributed by atoms with van der Waals surface area (Å²) >= 11 is 0. The number of nitrogens with zero attached hydrogens (tertiary/aromatic N) is 5. The van der Waals surface area contributed by atoms with Crippen LogP contribution < -0.4 is 4.90 Å². The van der Waals surface area contributed by atoms with E-state index in [-0.39, 0.29) is 11.3 Å². The van der Waals surface area contributed by atoms with E-state index in [1.807, 2.05) is 11.8 Å². The van der Waals surface area contributed by atoms with Crippen molar-refractivity contribution >= 4 is 23.0 Å². The molecule has 2 aromatic rings. The number of anilines is 1. The van der Waals surface area contributed by atoms with E-state index in [1.54, 1.807) is 13.4 Å². The van der Waals surface area contributed by atoms with Crippen molar-refractivity contribution in [3.63, 3.8) is 0 Å². The van der Waals surface area contributed by atoms with Crippen LogP contribution in [-0.2, 0) is 16.0 Å². The summed E-state index contributed by atoms with van der Waals surface area (Å²) in [6, 6.07) is 0. The Balaban J connectivity index is 1.58. The molecule has 1 amide bonds. The van der Waals surface area contributed by atoms with Crippen molar-refractivity contribution in [1.29, 1.82) is 0 Å². The highest BCUT2D eigenvalue weighted by Crippen LogP contribution is 2.40. The summed E-state index contributed by atoms with van der Waals surface area (Å²) in [6.45, 7) is 5.87. The molecule has 0 bridgehead atoms. The summed E-state index contributed by atoms with van der Waals surface area (Å²) < 4.78 is 10.9. The minimum Gasteiger partial charge on any atom is -0.422 e. The number of hydrogen-bond acceptors (Lipinski definition) is 7. The van der Waals surface area contributed by atoms with Gasteiger partial charge in [0.1, 0.15) is 6.33 Å². The summed E-state index contributed by atoms with van der Waals surface area (Å²) in [5.74, 6) is 1.78. The van der Waals surface area contributed by atoms with Crippen LogP contribution in [0.25, 0.3) is 11.2 Å². The standard InChI is InChI=1S/C19H27N5O3/c1-3-14-22-16-17(20-13-21-18(16)27-14)24-8-4-6-19(12-24)7-5-15(25)23(11-19)9-10-26-2/h13H,3-12H2,1-2H3. The summed E-state index contributed by atoms with van der Waals surface area (Å²) in [5, 5.41) is 0. The molecule has 8 heteroatoms. The number of carbonyl (C=O) groups excluding carboxylic acids is 1. The molecule has 4 heterocycles. The normalized spacial score (nSPS) is 23.6. The largest absolute Gasteiger partial charge is 0.422 e. The van der Waals surface area contributed by atoms with Gasteiger partial charge in [0.15, 0.2) is 17.2 Å². The van der Waals surface area contributed by atoms with Crippen LogP contribution in [0.5, 0.6) is 0 Å². The van der Waals surface area contributed by atoms with Gasteiger partial charge in [-0.2, -0.15) is 4.98 Å². The fourth-order valence-electron chi connectivity index (χ4n) is 4.40. The van der Waals surface area contributed by atoms with Crippen molar-refractivity contribution in [2.45, 2.75) is 39.0 Å². The van der Waals surface area contributed by atoms with Gasteiger partial charge in [0.2, 0.25) is 5.91 Å². The van der Waals surface area contributed by atoms with Gasteiger partial charge in [-0.1, -0.05) is 6.92 Å². The van der Waals surface area contributed by atoms with Crippen molar-refractivity contribution in [2.24, 2.45) is 5.41 Å². The maximum absolute atomic E-state index is 12.3. The molecule has 1 unspecified atom stereocenters. The molecule has 2 fully saturated rings. The molecule has 0 N–H and O–H groups in total. The molecule has 2 aromatic heterocycles. The first kappa shape index (κ1) is 18.2. The fourth-order valence-corrected chi connectivity index (χ4v) is 4.40. The Hall–Kier alpha value is -2.22. The highest BCUT2D eigenvalue weighted by Gasteiger charge is 2.42. The summed E-state index contributed by atoms with van der Waals surface area (Å²) in [7, 11) is 1.68. The Morgan fingerprint density at radius 2 is 2.19 bits per heavy atom. The van der Waals surface area contributed by atoms with E-state index in [9.17, 15) is 4.79 Å². The van der Waals surface area contributed by atoms with Crippen molar-refractivity contribution in [1.82, 2.24) is 19.9 Å². The Labute approximate surface area is 158 Å². The highest BCUT2D eigenvalue weighted by atomic mass is 16.5. The smallest absolute Gasteiger partial charge is 0.252 e. The van der Waals surface area contributed by atoms with Crippen LogP contribution in [0.1, 0.15) is 38.5 Å². The maximum atomic E-state index is 12.3. The van der Waals surface area contributed by atoms with E-state index >= 15 is 0 Å². The number of oxazole rings is 1. The van der Waals surface area contributed by atoms with E-state index in [4.69, 9.17) is 9.15 Å². The van der Waals surface area contributed by atoms with Gasteiger partial charge in [0.05, 0.1) is 6.61 Å². The molecule has 27 heavy (non-hydrogen) atoms. The summed E-state index contributed by atoms with van der Waals surface area (Å²) in [5.41, 5.74) is 1.40. The third-order valence-corrected chi connectivity index (χ3v) is 5.80. The van der Waals surface area contributed by atoms with Crippen LogP contribution in [0.15, 0.2) is 10.7 Å². The van der Waals surface area contributed by atoms with Gasteiger partial charge in [-0.25, -0.2) is 9.97 Å². The predicted molar refractivity (Wildman–Crippen MR) is 101 cm³/mol. The molecule has 1 spiro atoms. The van der Waals surface area contributed by atoms with Crippen LogP contribution in [0, 0.1) is 5.41 Å². The zero-order valence-electron chi connectivity index (χ0n) is 16.1. The van der Waals surface area contributed by atoms with Gasteiger partial charge in [-0.05, 0) is 19.3 Å². The number of rotatable bonds is 5. The quantitative estimate of drug-likeness (QED) is 0.793. The van der Waals surface area contributed by atoms with Crippen LogP contribution in [0.2, 0.25) is 0 Å². The van der Waals surface area contributed by atoms with Gasteiger partial charge >= 0.3 is 0 Å². The lowest BCUT2D eigenvalue weighted by atomic mass is 9.73. The lowest BCUT2D eigenvalue weighted by Crippen LogP contribution is -2.54. The Bertz CT molecular complexity index is 823. The Morgan fingerprint density at radius 1 is 1.30 bits per heavy atom. The number of aromatic nitrogens is 3. The molecule has 0 radical (unpaired) electrons. The number of piperidine rings is 2. The average molecular weight is 373 g/mol. The van der Waals surface area contributed by atoms with Crippen LogP contribution in [0.4, 0.5) is 5.82 Å². The Morgan fingerprint density at radius 3 is 3.00 bits per heavy atom. The number of ether oxygens (including phenoxy) is 1. The van der Waals surface area contributed by atoms with Gasteiger partial charge in [-0.15, -0.1) is 0 Å². The number of methoxy groups -OCH3 is 1. The maximum Gasteiger partial charge on any atom is 0.252 e. The van der Waals surface area contributed by atoms with Crippen molar-refractivity contribution in [2.75, 3.05) is 44.8 Å². The topological polar surface area (TPSA) is 84.6 Å².